The normalized spacial score (nSPS) is 21.2. The fourth-order valence-electron chi connectivity index (χ4n) is 2.80. The summed E-state index contributed by atoms with van der Waals surface area (Å²) >= 11 is 0. The summed E-state index contributed by atoms with van der Waals surface area (Å²) in [4.78, 5) is 4.41. The van der Waals surface area contributed by atoms with E-state index in [1.807, 2.05) is 12.1 Å². The number of pyridine rings is 1. The number of aromatic nitrogens is 1. The van der Waals surface area contributed by atoms with Crippen molar-refractivity contribution in [1.29, 1.82) is 0 Å². The maximum absolute atomic E-state index is 12.0. The molecule has 2 atom stereocenters. The van der Waals surface area contributed by atoms with Gasteiger partial charge < -0.3 is 0 Å². The van der Waals surface area contributed by atoms with Crippen molar-refractivity contribution in [3.8, 4) is 0 Å². The van der Waals surface area contributed by atoms with Crippen LogP contribution in [0.4, 0.5) is 0 Å². The molecule has 1 aliphatic carbocycles. The van der Waals surface area contributed by atoms with Gasteiger partial charge in [-0.1, -0.05) is 6.07 Å². The van der Waals surface area contributed by atoms with Crippen LogP contribution in [0, 0.1) is 0 Å². The molecule has 0 saturated heterocycles. The van der Waals surface area contributed by atoms with Gasteiger partial charge in [-0.2, -0.15) is 0 Å². The highest BCUT2D eigenvalue weighted by Crippen LogP contribution is 2.39. The predicted molar refractivity (Wildman–Crippen MR) is 75.3 cm³/mol. The van der Waals surface area contributed by atoms with Gasteiger partial charge in [0.15, 0.2) is 9.84 Å². The number of fused-ring (bicyclic) bond motifs is 1. The number of hydrazine groups is 1. The van der Waals surface area contributed by atoms with E-state index in [9.17, 15) is 8.42 Å². The third-order valence-electron chi connectivity index (χ3n) is 4.29. The van der Waals surface area contributed by atoms with Crippen molar-refractivity contribution in [2.45, 2.75) is 43.4 Å². The number of nitrogens with one attached hydrogen (secondary N) is 1. The molecule has 1 aromatic rings. The van der Waals surface area contributed by atoms with Crippen molar-refractivity contribution in [3.05, 3.63) is 29.6 Å². The molecule has 0 fully saturated rings. The van der Waals surface area contributed by atoms with Crippen LogP contribution in [0.1, 0.15) is 37.4 Å². The minimum atomic E-state index is -3.22. The molecule has 6 heteroatoms. The Morgan fingerprint density at radius 1 is 1.53 bits per heavy atom. The molecule has 5 nitrogen and oxygen atoms in total. The number of sulfone groups is 1. The SMILES string of the molecule is CC(C)(C(NN)C1CCc2cccnc21)S(C)(=O)=O. The average Bonchev–Trinajstić information content (AvgIpc) is 2.73. The molecule has 0 saturated carbocycles. The maximum atomic E-state index is 12.0. The quantitative estimate of drug-likeness (QED) is 0.629. The zero-order valence-corrected chi connectivity index (χ0v) is 12.4. The highest BCUT2D eigenvalue weighted by atomic mass is 32.2. The van der Waals surface area contributed by atoms with Gasteiger partial charge in [-0.3, -0.25) is 16.3 Å². The van der Waals surface area contributed by atoms with E-state index in [4.69, 9.17) is 5.84 Å². The lowest BCUT2D eigenvalue weighted by molar-refractivity contribution is 0.353. The summed E-state index contributed by atoms with van der Waals surface area (Å²) in [6.07, 6.45) is 4.80. The summed E-state index contributed by atoms with van der Waals surface area (Å²) in [5.74, 6) is 5.68. The molecule has 3 N–H and O–H groups in total. The van der Waals surface area contributed by atoms with Gasteiger partial charge in [0.25, 0.3) is 0 Å². The minimum Gasteiger partial charge on any atom is -0.271 e. The van der Waals surface area contributed by atoms with Crippen molar-refractivity contribution < 1.29 is 8.42 Å². The molecule has 2 rings (SSSR count). The first-order valence-electron chi connectivity index (χ1n) is 6.38. The second-order valence-electron chi connectivity index (χ2n) is 5.71. The summed E-state index contributed by atoms with van der Waals surface area (Å²) in [5, 5.41) is 0. The molecular weight excluding hydrogens is 262 g/mol. The molecular formula is C13H21N3O2S. The van der Waals surface area contributed by atoms with Crippen LogP contribution in [0.3, 0.4) is 0 Å². The molecule has 19 heavy (non-hydrogen) atoms. The van der Waals surface area contributed by atoms with Crippen LogP contribution in [0.2, 0.25) is 0 Å². The predicted octanol–water partition coefficient (Wildman–Crippen LogP) is 0.766. The van der Waals surface area contributed by atoms with Crippen LogP contribution >= 0.6 is 0 Å². The van der Waals surface area contributed by atoms with E-state index in [0.717, 1.165) is 18.5 Å². The van der Waals surface area contributed by atoms with Gasteiger partial charge in [0.1, 0.15) is 0 Å². The molecule has 1 heterocycles. The van der Waals surface area contributed by atoms with Crippen LogP contribution in [-0.2, 0) is 16.3 Å². The van der Waals surface area contributed by atoms with Gasteiger partial charge in [0, 0.05) is 30.1 Å². The van der Waals surface area contributed by atoms with Crippen molar-refractivity contribution >= 4 is 9.84 Å². The number of nitrogens with zero attached hydrogens (tertiary/aromatic N) is 1. The summed E-state index contributed by atoms with van der Waals surface area (Å²) in [7, 11) is -3.22. The highest BCUT2D eigenvalue weighted by molar-refractivity contribution is 7.92. The Labute approximate surface area is 114 Å². The third kappa shape index (κ3) is 2.40. The Kier molecular flexibility index (Phi) is 3.68. The van der Waals surface area contributed by atoms with Gasteiger partial charge in [0.2, 0.25) is 0 Å². The summed E-state index contributed by atoms with van der Waals surface area (Å²) < 4.78 is 23.1. The Hall–Kier alpha value is -0.980. The Morgan fingerprint density at radius 3 is 2.79 bits per heavy atom. The molecule has 0 bridgehead atoms. The monoisotopic (exact) mass is 283 g/mol. The maximum Gasteiger partial charge on any atom is 0.154 e. The molecule has 0 amide bonds. The topological polar surface area (TPSA) is 85.1 Å². The van der Waals surface area contributed by atoms with E-state index in [1.54, 1.807) is 20.0 Å². The van der Waals surface area contributed by atoms with E-state index in [-0.39, 0.29) is 12.0 Å². The lowest BCUT2D eigenvalue weighted by Crippen LogP contribution is -2.56. The average molecular weight is 283 g/mol. The van der Waals surface area contributed by atoms with Gasteiger partial charge in [0.05, 0.1) is 4.75 Å². The van der Waals surface area contributed by atoms with E-state index in [1.165, 1.54) is 11.8 Å². The lowest BCUT2D eigenvalue weighted by atomic mass is 9.88. The van der Waals surface area contributed by atoms with Crippen LogP contribution in [-0.4, -0.2) is 30.4 Å². The standard InChI is InChI=1S/C13H21N3O2S/c1-13(2,19(3,17)18)12(16-14)10-7-6-9-5-4-8-15-11(9)10/h4-5,8,10,12,16H,6-7,14H2,1-3H3. The van der Waals surface area contributed by atoms with E-state index < -0.39 is 14.6 Å². The van der Waals surface area contributed by atoms with Crippen molar-refractivity contribution in [2.24, 2.45) is 5.84 Å². The van der Waals surface area contributed by atoms with Gasteiger partial charge in [-0.05, 0) is 38.3 Å². The molecule has 1 aromatic heterocycles. The van der Waals surface area contributed by atoms with E-state index in [0.29, 0.717) is 0 Å². The van der Waals surface area contributed by atoms with Crippen molar-refractivity contribution in [3.63, 3.8) is 0 Å². The molecule has 106 valence electrons. The lowest BCUT2D eigenvalue weighted by Gasteiger charge is -2.36. The molecule has 0 spiro atoms. The van der Waals surface area contributed by atoms with Gasteiger partial charge >= 0.3 is 0 Å². The summed E-state index contributed by atoms with van der Waals surface area (Å²) in [5.41, 5.74) is 4.88. The molecule has 0 aromatic carbocycles. The van der Waals surface area contributed by atoms with Gasteiger partial charge in [-0.15, -0.1) is 0 Å². The number of aryl methyl sites for hydroxylation is 1. The van der Waals surface area contributed by atoms with Crippen LogP contribution in [0.15, 0.2) is 18.3 Å². The number of nitrogens with two attached hydrogens (primary N) is 1. The van der Waals surface area contributed by atoms with Crippen LogP contribution < -0.4 is 11.3 Å². The summed E-state index contributed by atoms with van der Waals surface area (Å²) in [6, 6.07) is 3.61. The second kappa shape index (κ2) is 4.85. The smallest absolute Gasteiger partial charge is 0.154 e. The third-order valence-corrected chi connectivity index (χ3v) is 6.45. The Bertz CT molecular complexity index is 569. The zero-order valence-electron chi connectivity index (χ0n) is 11.6. The number of hydrogen-bond donors (Lipinski definition) is 2. The highest BCUT2D eigenvalue weighted by Gasteiger charge is 2.45. The first kappa shape index (κ1) is 14.4. The Morgan fingerprint density at radius 2 is 2.21 bits per heavy atom. The first-order chi connectivity index (χ1) is 8.79. The molecule has 0 radical (unpaired) electrons. The number of hydrogen-bond acceptors (Lipinski definition) is 5. The van der Waals surface area contributed by atoms with Gasteiger partial charge in [-0.25, -0.2) is 8.42 Å². The fourth-order valence-corrected chi connectivity index (χ4v) is 3.49. The van der Waals surface area contributed by atoms with E-state index >= 15 is 0 Å². The largest absolute Gasteiger partial charge is 0.271 e. The molecule has 1 aliphatic rings. The summed E-state index contributed by atoms with van der Waals surface area (Å²) in [6.45, 7) is 3.43. The second-order valence-corrected chi connectivity index (χ2v) is 8.31. The number of rotatable bonds is 4. The Balaban J connectivity index is 2.41. The van der Waals surface area contributed by atoms with E-state index in [2.05, 4.69) is 10.4 Å². The minimum absolute atomic E-state index is 0.0333. The zero-order chi connectivity index (χ0) is 14.3. The first-order valence-corrected chi connectivity index (χ1v) is 8.27. The van der Waals surface area contributed by atoms with Crippen molar-refractivity contribution in [2.75, 3.05) is 6.26 Å². The van der Waals surface area contributed by atoms with Crippen molar-refractivity contribution in [1.82, 2.24) is 10.4 Å². The van der Waals surface area contributed by atoms with Crippen LogP contribution in [0.25, 0.3) is 0 Å². The molecule has 2 unspecified atom stereocenters. The van der Waals surface area contributed by atoms with Crippen LogP contribution in [0.5, 0.6) is 0 Å². The molecule has 0 aliphatic heterocycles. The fraction of sp³-hybridized carbons (Fsp3) is 0.615.